The highest BCUT2D eigenvalue weighted by molar-refractivity contribution is 7.69. The molecule has 5 heteroatoms. The summed E-state index contributed by atoms with van der Waals surface area (Å²) >= 11 is 0. The summed E-state index contributed by atoms with van der Waals surface area (Å²) in [7, 11) is -2.90. The van der Waals surface area contributed by atoms with Crippen molar-refractivity contribution < 1.29 is 4.57 Å². The molecule has 0 aromatic rings. The molecule has 2 heterocycles. The number of nitrogens with two attached hydrogens (primary N) is 1. The number of nitrogens with one attached hydrogen (secondary N) is 2. The zero-order valence-electron chi connectivity index (χ0n) is 11.3. The molecule has 4 N–H and O–H groups in total. The number of dihydropyridines is 2. The van der Waals surface area contributed by atoms with Crippen molar-refractivity contribution >= 4 is 7.14 Å². The van der Waals surface area contributed by atoms with Gasteiger partial charge < -0.3 is 20.9 Å². The fourth-order valence-electron chi connectivity index (χ4n) is 2.18. The van der Waals surface area contributed by atoms with Crippen molar-refractivity contribution in [2.75, 3.05) is 6.54 Å². The van der Waals surface area contributed by atoms with Crippen LogP contribution in [0.15, 0.2) is 72.9 Å². The molecular formula is C15H20N3OP. The van der Waals surface area contributed by atoms with Crippen LogP contribution in [0.25, 0.3) is 0 Å². The Morgan fingerprint density at radius 1 is 1.45 bits per heavy atom. The van der Waals surface area contributed by atoms with Crippen LogP contribution in [0.2, 0.25) is 0 Å². The van der Waals surface area contributed by atoms with Crippen LogP contribution < -0.4 is 16.4 Å². The lowest BCUT2D eigenvalue weighted by atomic mass is 10.4. The molecular weight excluding hydrogens is 269 g/mol. The minimum Gasteiger partial charge on any atom is -0.379 e. The molecule has 2 aliphatic rings. The van der Waals surface area contributed by atoms with Crippen molar-refractivity contribution in [3.63, 3.8) is 0 Å². The van der Waals surface area contributed by atoms with Gasteiger partial charge in [-0.15, -0.1) is 0 Å². The van der Waals surface area contributed by atoms with Gasteiger partial charge in [-0.2, -0.15) is 0 Å². The fraction of sp³-hybridized carbons (Fsp3) is 0.200. The number of hydrogen-bond donors (Lipinski definition) is 3. The lowest BCUT2D eigenvalue weighted by Crippen LogP contribution is -2.35. The van der Waals surface area contributed by atoms with E-state index in [1.807, 2.05) is 36.5 Å². The van der Waals surface area contributed by atoms with E-state index >= 15 is 0 Å². The highest BCUT2D eigenvalue weighted by Gasteiger charge is 2.40. The molecule has 106 valence electrons. The van der Waals surface area contributed by atoms with Gasteiger partial charge in [0.1, 0.15) is 5.78 Å². The van der Waals surface area contributed by atoms with Crippen LogP contribution in [0.5, 0.6) is 0 Å². The molecule has 0 aliphatic carbocycles. The van der Waals surface area contributed by atoms with Gasteiger partial charge in [0.15, 0.2) is 7.14 Å². The lowest BCUT2D eigenvalue weighted by Gasteiger charge is -2.33. The summed E-state index contributed by atoms with van der Waals surface area (Å²) in [5.41, 5.74) is 6.91. The predicted molar refractivity (Wildman–Crippen MR) is 85.3 cm³/mol. The average molecular weight is 289 g/mol. The van der Waals surface area contributed by atoms with Crippen LogP contribution in [0, 0.1) is 0 Å². The van der Waals surface area contributed by atoms with Gasteiger partial charge in [0.05, 0.1) is 11.2 Å². The molecule has 3 unspecified atom stereocenters. The van der Waals surface area contributed by atoms with E-state index in [2.05, 4.69) is 17.2 Å². The number of hydrogen-bond acceptors (Lipinski definition) is 4. The molecule has 0 saturated heterocycles. The average Bonchev–Trinajstić information content (AvgIpc) is 2.53. The first-order chi connectivity index (χ1) is 9.69. The largest absolute Gasteiger partial charge is 0.379 e. The number of allylic oxidation sites excluding steroid dienone is 6. The number of rotatable bonds is 5. The molecule has 0 amide bonds. The lowest BCUT2D eigenvalue weighted by molar-refractivity contribution is 0.561. The van der Waals surface area contributed by atoms with E-state index in [1.165, 1.54) is 0 Å². The van der Waals surface area contributed by atoms with Gasteiger partial charge in [-0.25, -0.2) is 0 Å². The molecule has 2 aliphatic heterocycles. The maximum Gasteiger partial charge on any atom is 0.174 e. The Bertz CT molecular complexity index is 557. The molecule has 0 spiro atoms. The standard InChI is InChI=1S/C15H20N3OP/c1-2-3-8-13(16)20(19,14-9-4-6-11-17-14)15-10-5-7-12-18-15/h2-11,13-14,17-18H,1,12,16H2/b8-3-. The van der Waals surface area contributed by atoms with Crippen molar-refractivity contribution in [1.82, 2.24) is 10.6 Å². The van der Waals surface area contributed by atoms with Gasteiger partial charge in [0, 0.05) is 6.54 Å². The topological polar surface area (TPSA) is 67.2 Å². The van der Waals surface area contributed by atoms with Crippen LogP contribution in [0.1, 0.15) is 0 Å². The molecule has 3 atom stereocenters. The molecule has 20 heavy (non-hydrogen) atoms. The second kappa shape index (κ2) is 6.60. The third kappa shape index (κ3) is 2.87. The zero-order chi connectivity index (χ0) is 14.4. The minimum atomic E-state index is -2.90. The van der Waals surface area contributed by atoms with Gasteiger partial charge in [0.2, 0.25) is 0 Å². The monoisotopic (exact) mass is 289 g/mol. The zero-order valence-corrected chi connectivity index (χ0v) is 12.2. The third-order valence-electron chi connectivity index (χ3n) is 3.24. The molecule has 0 radical (unpaired) electrons. The Hall–Kier alpha value is -1.77. The minimum absolute atomic E-state index is 0.304. The molecule has 0 aromatic carbocycles. The fourth-order valence-corrected chi connectivity index (χ4v) is 4.85. The summed E-state index contributed by atoms with van der Waals surface area (Å²) in [6, 6.07) is 0. The van der Waals surface area contributed by atoms with Crippen LogP contribution in [0.3, 0.4) is 0 Å². The van der Waals surface area contributed by atoms with Crippen molar-refractivity contribution in [2.24, 2.45) is 5.73 Å². The first-order valence-corrected chi connectivity index (χ1v) is 8.39. The Balaban J connectivity index is 2.39. The molecule has 2 rings (SSSR count). The van der Waals surface area contributed by atoms with Crippen molar-refractivity contribution in [2.45, 2.75) is 11.6 Å². The highest BCUT2D eigenvalue weighted by atomic mass is 31.2. The quantitative estimate of drug-likeness (QED) is 0.537. The van der Waals surface area contributed by atoms with Crippen LogP contribution in [-0.2, 0) is 4.57 Å². The summed E-state index contributed by atoms with van der Waals surface area (Å²) in [4.78, 5) is 0. The molecule has 0 fully saturated rings. The maximum atomic E-state index is 13.6. The van der Waals surface area contributed by atoms with E-state index in [9.17, 15) is 4.57 Å². The van der Waals surface area contributed by atoms with Crippen molar-refractivity contribution in [3.05, 3.63) is 72.9 Å². The van der Waals surface area contributed by atoms with Crippen molar-refractivity contribution in [3.8, 4) is 0 Å². The van der Waals surface area contributed by atoms with E-state index in [4.69, 9.17) is 5.73 Å². The van der Waals surface area contributed by atoms with Gasteiger partial charge in [-0.1, -0.05) is 49.1 Å². The molecule has 0 bridgehead atoms. The predicted octanol–water partition coefficient (Wildman–Crippen LogP) is 2.38. The SMILES string of the molecule is C=C/C=C\C(N)P(=O)(C1=CC=CCN1)C1C=CC=CN1. The summed E-state index contributed by atoms with van der Waals surface area (Å²) in [6.07, 6.45) is 18.3. The summed E-state index contributed by atoms with van der Waals surface area (Å²) in [5.74, 6) is -0.874. The first kappa shape index (κ1) is 14.6. The Kier molecular flexibility index (Phi) is 4.83. The normalized spacial score (nSPS) is 25.4. The summed E-state index contributed by atoms with van der Waals surface area (Å²) < 4.78 is 13.6. The Labute approximate surface area is 119 Å². The Morgan fingerprint density at radius 3 is 2.90 bits per heavy atom. The van der Waals surface area contributed by atoms with E-state index in [0.29, 0.717) is 12.0 Å². The van der Waals surface area contributed by atoms with Gasteiger partial charge in [-0.05, 0) is 18.4 Å². The van der Waals surface area contributed by atoms with Gasteiger partial charge in [0.25, 0.3) is 0 Å². The molecule has 0 aromatic heterocycles. The van der Waals surface area contributed by atoms with Crippen LogP contribution >= 0.6 is 7.14 Å². The first-order valence-electron chi connectivity index (χ1n) is 6.54. The van der Waals surface area contributed by atoms with E-state index in [-0.39, 0.29) is 5.78 Å². The molecule has 4 nitrogen and oxygen atoms in total. The maximum absolute atomic E-state index is 13.6. The van der Waals surface area contributed by atoms with E-state index < -0.39 is 12.9 Å². The summed E-state index contributed by atoms with van der Waals surface area (Å²) in [5, 5.41) is 6.33. The van der Waals surface area contributed by atoms with E-state index in [1.54, 1.807) is 24.4 Å². The van der Waals surface area contributed by atoms with Crippen LogP contribution in [0.4, 0.5) is 0 Å². The second-order valence-electron chi connectivity index (χ2n) is 4.54. The second-order valence-corrected chi connectivity index (χ2v) is 7.59. The third-order valence-corrected chi connectivity index (χ3v) is 6.50. The van der Waals surface area contributed by atoms with Gasteiger partial charge in [-0.3, -0.25) is 0 Å². The highest BCUT2D eigenvalue weighted by Crippen LogP contribution is 2.60. The summed E-state index contributed by atoms with van der Waals surface area (Å²) in [6.45, 7) is 4.29. The van der Waals surface area contributed by atoms with Crippen molar-refractivity contribution in [1.29, 1.82) is 0 Å². The van der Waals surface area contributed by atoms with Gasteiger partial charge >= 0.3 is 0 Å². The molecule has 0 saturated carbocycles. The smallest absolute Gasteiger partial charge is 0.174 e. The van der Waals surface area contributed by atoms with Crippen LogP contribution in [-0.4, -0.2) is 18.1 Å². The Morgan fingerprint density at radius 2 is 2.30 bits per heavy atom. The van der Waals surface area contributed by atoms with E-state index in [0.717, 1.165) is 0 Å².